The molecule has 0 atom stereocenters. The highest BCUT2D eigenvalue weighted by Crippen LogP contribution is 2.18. The summed E-state index contributed by atoms with van der Waals surface area (Å²) in [4.78, 5) is 19.2. The summed E-state index contributed by atoms with van der Waals surface area (Å²) in [5, 5.41) is 0. The van der Waals surface area contributed by atoms with Gasteiger partial charge in [-0.25, -0.2) is 9.97 Å². The first-order valence-electron chi connectivity index (χ1n) is 5.24. The Morgan fingerprint density at radius 2 is 1.93 bits per heavy atom. The maximum absolute atomic E-state index is 11.0. The summed E-state index contributed by atoms with van der Waals surface area (Å²) in [5.41, 5.74) is 0. The van der Waals surface area contributed by atoms with E-state index >= 15 is 0 Å². The number of carbonyl (C=O) groups is 1. The van der Waals surface area contributed by atoms with Crippen molar-refractivity contribution in [2.75, 3.05) is 0 Å². The van der Waals surface area contributed by atoms with Gasteiger partial charge >= 0.3 is 0 Å². The van der Waals surface area contributed by atoms with E-state index in [1.54, 1.807) is 18.5 Å². The van der Waals surface area contributed by atoms with E-state index in [1.165, 1.54) is 0 Å². The minimum Gasteiger partial charge on any atom is -0.370 e. The Bertz CT molecular complexity index is 317. The molecule has 4 nitrogen and oxygen atoms in total. The van der Waals surface area contributed by atoms with Gasteiger partial charge in [0.25, 0.3) is 0 Å². The molecule has 4 heteroatoms. The van der Waals surface area contributed by atoms with Crippen LogP contribution in [0.3, 0.4) is 0 Å². The molecular weight excluding hydrogens is 192 g/mol. The number of aromatic nitrogens is 2. The van der Waals surface area contributed by atoms with Crippen LogP contribution >= 0.6 is 0 Å². The summed E-state index contributed by atoms with van der Waals surface area (Å²) in [6, 6.07) is 1.78. The first-order chi connectivity index (χ1) is 7.34. The third-order valence-electron chi connectivity index (χ3n) is 2.56. The molecule has 2 rings (SSSR count). The largest absolute Gasteiger partial charge is 0.370 e. The van der Waals surface area contributed by atoms with Crippen molar-refractivity contribution in [2.24, 2.45) is 0 Å². The van der Waals surface area contributed by atoms with E-state index in [1.807, 2.05) is 0 Å². The molecule has 0 unspecified atom stereocenters. The molecule has 0 aromatic carbocycles. The van der Waals surface area contributed by atoms with Crippen molar-refractivity contribution in [2.45, 2.75) is 38.4 Å². The minimum absolute atomic E-state index is 0.200. The Morgan fingerprint density at radius 1 is 1.27 bits per heavy atom. The number of ketones is 1. The minimum atomic E-state index is 0.200. The molecule has 1 aromatic rings. The third kappa shape index (κ3) is 3.09. The lowest BCUT2D eigenvalue weighted by Gasteiger charge is -2.20. The highest BCUT2D eigenvalue weighted by atomic mass is 16.5. The Hall–Kier alpha value is -1.29. The monoisotopic (exact) mass is 206 g/mol. The van der Waals surface area contributed by atoms with Crippen molar-refractivity contribution >= 4 is 5.78 Å². The summed E-state index contributed by atoms with van der Waals surface area (Å²) in [6.45, 7) is 0.444. The molecule has 80 valence electrons. The molecule has 1 saturated carbocycles. The molecule has 0 radical (unpaired) electrons. The van der Waals surface area contributed by atoms with Gasteiger partial charge in [0.05, 0.1) is 6.10 Å². The summed E-state index contributed by atoms with van der Waals surface area (Å²) >= 11 is 0. The average Bonchev–Trinajstić information content (AvgIpc) is 2.30. The summed E-state index contributed by atoms with van der Waals surface area (Å²) in [5.74, 6) is 1.06. The van der Waals surface area contributed by atoms with Gasteiger partial charge in [-0.15, -0.1) is 0 Å². The molecule has 15 heavy (non-hydrogen) atoms. The van der Waals surface area contributed by atoms with Gasteiger partial charge in [0.1, 0.15) is 12.4 Å². The fourth-order valence-corrected chi connectivity index (χ4v) is 1.68. The predicted octanol–water partition coefficient (Wildman–Crippen LogP) is 1.50. The van der Waals surface area contributed by atoms with Crippen molar-refractivity contribution in [3.63, 3.8) is 0 Å². The van der Waals surface area contributed by atoms with E-state index < -0.39 is 0 Å². The van der Waals surface area contributed by atoms with Crippen LogP contribution in [0.5, 0.6) is 0 Å². The van der Waals surface area contributed by atoms with Gasteiger partial charge in [0, 0.05) is 25.2 Å². The van der Waals surface area contributed by atoms with Crippen LogP contribution < -0.4 is 0 Å². The van der Waals surface area contributed by atoms with E-state index in [-0.39, 0.29) is 6.10 Å². The molecule has 1 aliphatic carbocycles. The van der Waals surface area contributed by atoms with Crippen LogP contribution in [-0.2, 0) is 16.1 Å². The lowest BCUT2D eigenvalue weighted by atomic mass is 9.96. The quantitative estimate of drug-likeness (QED) is 0.752. The number of Topliss-reactive ketones (excluding diaryl/α,β-unsaturated/α-hetero) is 1. The zero-order valence-electron chi connectivity index (χ0n) is 8.56. The summed E-state index contributed by atoms with van der Waals surface area (Å²) in [6.07, 6.45) is 6.59. The van der Waals surface area contributed by atoms with Crippen molar-refractivity contribution in [1.29, 1.82) is 0 Å². The van der Waals surface area contributed by atoms with Crippen molar-refractivity contribution in [3.8, 4) is 0 Å². The standard InChI is InChI=1S/C11H14N2O2/c14-9-2-4-10(5-3-9)15-8-11-12-6-1-7-13-11/h1,6-7,10H,2-5,8H2. The molecule has 1 fully saturated rings. The Kier molecular flexibility index (Phi) is 3.40. The SMILES string of the molecule is O=C1CCC(OCc2ncccn2)CC1. The Labute approximate surface area is 88.7 Å². The van der Waals surface area contributed by atoms with Gasteiger partial charge in [-0.2, -0.15) is 0 Å². The number of hydrogen-bond acceptors (Lipinski definition) is 4. The number of hydrogen-bond donors (Lipinski definition) is 0. The van der Waals surface area contributed by atoms with Crippen LogP contribution in [0.4, 0.5) is 0 Å². The fourth-order valence-electron chi connectivity index (χ4n) is 1.68. The predicted molar refractivity (Wildman–Crippen MR) is 54.1 cm³/mol. The molecule has 0 amide bonds. The topological polar surface area (TPSA) is 52.1 Å². The van der Waals surface area contributed by atoms with E-state index in [0.717, 1.165) is 12.8 Å². The molecule has 1 heterocycles. The number of carbonyl (C=O) groups excluding carboxylic acids is 1. The second-order valence-corrected chi connectivity index (χ2v) is 3.71. The molecule has 0 saturated heterocycles. The van der Waals surface area contributed by atoms with Gasteiger partial charge in [-0.05, 0) is 18.9 Å². The molecule has 0 N–H and O–H groups in total. The van der Waals surface area contributed by atoms with E-state index in [2.05, 4.69) is 9.97 Å². The highest BCUT2D eigenvalue weighted by molar-refractivity contribution is 5.79. The van der Waals surface area contributed by atoms with Crippen molar-refractivity contribution < 1.29 is 9.53 Å². The first-order valence-corrected chi connectivity index (χ1v) is 5.24. The van der Waals surface area contributed by atoms with Crippen LogP contribution in [0, 0.1) is 0 Å². The first kappa shape index (κ1) is 10.2. The Morgan fingerprint density at radius 3 is 2.60 bits per heavy atom. The van der Waals surface area contributed by atoms with E-state index in [4.69, 9.17) is 4.74 Å². The normalized spacial score (nSPS) is 18.0. The van der Waals surface area contributed by atoms with Crippen molar-refractivity contribution in [1.82, 2.24) is 9.97 Å². The maximum atomic E-state index is 11.0. The highest BCUT2D eigenvalue weighted by Gasteiger charge is 2.19. The number of ether oxygens (including phenoxy) is 1. The lowest BCUT2D eigenvalue weighted by molar-refractivity contribution is -0.123. The van der Waals surface area contributed by atoms with Gasteiger partial charge < -0.3 is 4.74 Å². The zero-order chi connectivity index (χ0) is 10.5. The van der Waals surface area contributed by atoms with Crippen LogP contribution in [0.1, 0.15) is 31.5 Å². The van der Waals surface area contributed by atoms with Gasteiger partial charge in [0.15, 0.2) is 5.82 Å². The lowest BCUT2D eigenvalue weighted by Crippen LogP contribution is -2.21. The molecule has 1 aromatic heterocycles. The zero-order valence-corrected chi connectivity index (χ0v) is 8.56. The number of nitrogens with zero attached hydrogens (tertiary/aromatic N) is 2. The second-order valence-electron chi connectivity index (χ2n) is 3.71. The maximum Gasteiger partial charge on any atom is 0.153 e. The van der Waals surface area contributed by atoms with Gasteiger partial charge in [-0.1, -0.05) is 0 Å². The van der Waals surface area contributed by atoms with Gasteiger partial charge in [-0.3, -0.25) is 4.79 Å². The van der Waals surface area contributed by atoms with Crippen molar-refractivity contribution in [3.05, 3.63) is 24.3 Å². The van der Waals surface area contributed by atoms with Crippen LogP contribution in [-0.4, -0.2) is 21.9 Å². The molecule has 0 spiro atoms. The van der Waals surface area contributed by atoms with Crippen LogP contribution in [0.25, 0.3) is 0 Å². The van der Waals surface area contributed by atoms with Gasteiger partial charge in [0.2, 0.25) is 0 Å². The third-order valence-corrected chi connectivity index (χ3v) is 2.56. The summed E-state index contributed by atoms with van der Waals surface area (Å²) in [7, 11) is 0. The summed E-state index contributed by atoms with van der Waals surface area (Å²) < 4.78 is 5.64. The Balaban J connectivity index is 1.77. The molecule has 1 aliphatic rings. The fraction of sp³-hybridized carbons (Fsp3) is 0.545. The molecule has 0 bridgehead atoms. The molecule has 0 aliphatic heterocycles. The molecular formula is C11H14N2O2. The number of rotatable bonds is 3. The second kappa shape index (κ2) is 4.98. The van der Waals surface area contributed by atoms with E-state index in [9.17, 15) is 4.79 Å². The average molecular weight is 206 g/mol. The van der Waals surface area contributed by atoms with Crippen LogP contribution in [0.2, 0.25) is 0 Å². The van der Waals surface area contributed by atoms with E-state index in [0.29, 0.717) is 31.1 Å². The van der Waals surface area contributed by atoms with Crippen LogP contribution in [0.15, 0.2) is 18.5 Å². The smallest absolute Gasteiger partial charge is 0.153 e.